The first-order valence-corrected chi connectivity index (χ1v) is 17.9. The molecule has 2 aromatic carbocycles. The lowest BCUT2D eigenvalue weighted by atomic mass is 9.83. The second-order valence-electron chi connectivity index (χ2n) is 15.9. The summed E-state index contributed by atoms with van der Waals surface area (Å²) >= 11 is 0. The number of nitrogens with one attached hydrogen (secondary N) is 1. The van der Waals surface area contributed by atoms with Crippen molar-refractivity contribution in [2.75, 3.05) is 32.7 Å². The lowest BCUT2D eigenvalue weighted by Crippen LogP contribution is -2.47. The molecule has 5 rings (SSSR count). The Morgan fingerprint density at radius 1 is 0.981 bits per heavy atom. The molecule has 0 radical (unpaired) electrons. The minimum atomic E-state index is -0.798. The molecule has 54 heavy (non-hydrogen) atoms. The summed E-state index contributed by atoms with van der Waals surface area (Å²) in [5.41, 5.74) is -0.396. The van der Waals surface area contributed by atoms with Gasteiger partial charge in [0.25, 0.3) is 11.8 Å². The minimum Gasteiger partial charge on any atom is -0.444 e. The van der Waals surface area contributed by atoms with Gasteiger partial charge in [-0.25, -0.2) is 18.6 Å². The number of imidazole rings is 1. The highest BCUT2D eigenvalue weighted by atomic mass is 19.1. The summed E-state index contributed by atoms with van der Waals surface area (Å²) in [7, 11) is 0. The maximum atomic E-state index is 15.2. The van der Waals surface area contributed by atoms with Crippen molar-refractivity contribution < 1.29 is 37.5 Å². The zero-order valence-electron chi connectivity index (χ0n) is 31.8. The molecule has 3 atom stereocenters. The van der Waals surface area contributed by atoms with Crippen LogP contribution in [0.3, 0.4) is 0 Å². The molecule has 2 aliphatic rings. The fourth-order valence-corrected chi connectivity index (χ4v) is 6.94. The zero-order chi connectivity index (χ0) is 39.5. The van der Waals surface area contributed by atoms with Crippen LogP contribution < -0.4 is 5.32 Å². The van der Waals surface area contributed by atoms with Crippen LogP contribution in [0.2, 0.25) is 0 Å². The lowest BCUT2D eigenvalue weighted by Gasteiger charge is -2.41. The van der Waals surface area contributed by atoms with Gasteiger partial charge in [-0.2, -0.15) is 0 Å². The van der Waals surface area contributed by atoms with E-state index < -0.39 is 64.3 Å². The third kappa shape index (κ3) is 9.39. The van der Waals surface area contributed by atoms with E-state index in [1.807, 2.05) is 55.7 Å². The van der Waals surface area contributed by atoms with Crippen molar-refractivity contribution in [1.29, 1.82) is 0 Å². The molecule has 14 heteroatoms. The number of hydrogen-bond acceptors (Lipinski definition) is 7. The summed E-state index contributed by atoms with van der Waals surface area (Å²) in [6, 6.07) is 12.0. The molecule has 2 unspecified atom stereocenters. The van der Waals surface area contributed by atoms with Gasteiger partial charge in [0.15, 0.2) is 0 Å². The van der Waals surface area contributed by atoms with Gasteiger partial charge in [0, 0.05) is 76.0 Å². The quantitative estimate of drug-likeness (QED) is 0.262. The Bertz CT molecular complexity index is 1910. The summed E-state index contributed by atoms with van der Waals surface area (Å²) in [6.45, 7) is 12.9. The molecule has 0 bridgehead atoms. The number of imide groups is 1. The van der Waals surface area contributed by atoms with Gasteiger partial charge in [0.1, 0.15) is 23.1 Å². The molecule has 0 aliphatic carbocycles. The van der Waals surface area contributed by atoms with Gasteiger partial charge in [0.2, 0.25) is 11.8 Å². The number of aromatic nitrogens is 2. The third-order valence-corrected chi connectivity index (χ3v) is 9.38. The van der Waals surface area contributed by atoms with E-state index in [9.17, 15) is 28.4 Å². The van der Waals surface area contributed by atoms with Crippen molar-refractivity contribution in [3.63, 3.8) is 0 Å². The Morgan fingerprint density at radius 3 is 2.26 bits per heavy atom. The van der Waals surface area contributed by atoms with Crippen LogP contribution >= 0.6 is 0 Å². The molecule has 1 saturated heterocycles. The van der Waals surface area contributed by atoms with Crippen LogP contribution in [-0.4, -0.2) is 92.3 Å². The number of amides is 5. The molecule has 0 saturated carbocycles. The Labute approximate surface area is 314 Å². The maximum absolute atomic E-state index is 15.2. The molecule has 3 aromatic rings. The average molecular weight is 747 g/mol. The van der Waals surface area contributed by atoms with E-state index in [2.05, 4.69) is 5.32 Å². The van der Waals surface area contributed by atoms with Crippen LogP contribution in [0.5, 0.6) is 0 Å². The second kappa shape index (κ2) is 15.9. The summed E-state index contributed by atoms with van der Waals surface area (Å²) in [4.78, 5) is 74.0. The topological polar surface area (TPSA) is 134 Å². The molecule has 3 heterocycles. The summed E-state index contributed by atoms with van der Waals surface area (Å²) in [6.07, 6.45) is 3.38. The number of likely N-dealkylation sites (tertiary alicyclic amines) is 1. The van der Waals surface area contributed by atoms with E-state index >= 15 is 4.39 Å². The highest BCUT2D eigenvalue weighted by Gasteiger charge is 2.45. The molecule has 0 spiro atoms. The number of hydrogen-bond donors (Lipinski definition) is 1. The van der Waals surface area contributed by atoms with Crippen LogP contribution in [-0.2, 0) is 30.5 Å². The number of carbonyl (C=O) groups is 5. The van der Waals surface area contributed by atoms with Crippen molar-refractivity contribution in [2.45, 2.75) is 66.7 Å². The minimum absolute atomic E-state index is 0.00606. The lowest BCUT2D eigenvalue weighted by molar-refractivity contribution is -0.137. The second-order valence-corrected chi connectivity index (χ2v) is 15.9. The normalized spacial score (nSPS) is 17.9. The van der Waals surface area contributed by atoms with E-state index in [1.54, 1.807) is 31.9 Å². The zero-order valence-corrected chi connectivity index (χ0v) is 31.8. The standard InChI is InChI=1S/C40H48F2N6O6/c1-25(49)48(22-27-21-46(38(53)54-40(5,6)7)23-30(27)37(52)43-17-18-47-33(50)15-16-34(47)51)35(39(2,3)4)36-44-32(29-19-28(41)13-14-31(29)42)24-45(36)20-26-11-9-8-10-12-26/h8-16,19,24,27,30,35H,17-18,20-23H2,1-7H3,(H,43,52)/t27?,30?,35-/m0/s1. The van der Waals surface area contributed by atoms with Crippen molar-refractivity contribution in [1.82, 2.24) is 29.6 Å². The largest absolute Gasteiger partial charge is 0.444 e. The smallest absolute Gasteiger partial charge is 0.410 e. The molecule has 1 fully saturated rings. The first-order chi connectivity index (χ1) is 25.3. The fourth-order valence-electron chi connectivity index (χ4n) is 6.94. The van der Waals surface area contributed by atoms with Crippen molar-refractivity contribution in [3.05, 3.63) is 89.9 Å². The molecule has 12 nitrogen and oxygen atoms in total. The molecule has 1 N–H and O–H groups in total. The molecule has 2 aliphatic heterocycles. The van der Waals surface area contributed by atoms with E-state index in [0.29, 0.717) is 12.4 Å². The number of carbonyl (C=O) groups excluding carboxylic acids is 5. The van der Waals surface area contributed by atoms with Gasteiger partial charge in [-0.3, -0.25) is 24.1 Å². The summed E-state index contributed by atoms with van der Waals surface area (Å²) in [5, 5.41) is 2.81. The number of benzene rings is 2. The van der Waals surface area contributed by atoms with Gasteiger partial charge in [0.05, 0.1) is 17.7 Å². The predicted octanol–water partition coefficient (Wildman–Crippen LogP) is 5.34. The van der Waals surface area contributed by atoms with Gasteiger partial charge < -0.3 is 24.4 Å². The maximum Gasteiger partial charge on any atom is 0.410 e. The SMILES string of the molecule is CC(=O)N(CC1CN(C(=O)OC(C)(C)C)CC1C(=O)NCCN1C(=O)C=CC1=O)[C@@H](c1nc(-c2cc(F)ccc2F)cn1Cc1ccccc1)C(C)(C)C. The monoisotopic (exact) mass is 746 g/mol. The Morgan fingerprint density at radius 2 is 1.65 bits per heavy atom. The number of halogens is 2. The number of ether oxygens (including phenoxy) is 1. The third-order valence-electron chi connectivity index (χ3n) is 9.38. The fraction of sp³-hybridized carbons (Fsp3) is 0.450. The van der Waals surface area contributed by atoms with Gasteiger partial charge in [-0.15, -0.1) is 0 Å². The van der Waals surface area contributed by atoms with Gasteiger partial charge in [-0.05, 0) is 49.9 Å². The van der Waals surface area contributed by atoms with E-state index in [1.165, 1.54) is 24.0 Å². The Balaban J connectivity index is 1.51. The summed E-state index contributed by atoms with van der Waals surface area (Å²) < 4.78 is 37.0. The number of rotatable bonds is 11. The first-order valence-electron chi connectivity index (χ1n) is 17.9. The van der Waals surface area contributed by atoms with E-state index in [0.717, 1.165) is 28.7 Å². The van der Waals surface area contributed by atoms with Crippen LogP contribution in [0.1, 0.15) is 65.9 Å². The van der Waals surface area contributed by atoms with Crippen LogP contribution in [0.4, 0.5) is 13.6 Å². The van der Waals surface area contributed by atoms with Gasteiger partial charge >= 0.3 is 6.09 Å². The van der Waals surface area contributed by atoms with Crippen LogP contribution in [0, 0.1) is 28.9 Å². The average Bonchev–Trinajstić information content (AvgIpc) is 3.78. The highest BCUT2D eigenvalue weighted by Crippen LogP contribution is 2.41. The molecule has 1 aromatic heterocycles. The Kier molecular flexibility index (Phi) is 11.7. The van der Waals surface area contributed by atoms with E-state index in [4.69, 9.17) is 9.72 Å². The van der Waals surface area contributed by atoms with Crippen molar-refractivity contribution in [3.8, 4) is 11.3 Å². The molecular weight excluding hydrogens is 698 g/mol. The molecule has 5 amide bonds. The molecular formula is C40H48F2N6O6. The van der Waals surface area contributed by atoms with Gasteiger partial charge in [-0.1, -0.05) is 51.1 Å². The number of nitrogens with zero attached hydrogens (tertiary/aromatic N) is 5. The first kappa shape index (κ1) is 39.8. The Hall–Kier alpha value is -5.40. The van der Waals surface area contributed by atoms with Crippen LogP contribution in [0.15, 0.2) is 66.9 Å². The predicted molar refractivity (Wildman–Crippen MR) is 196 cm³/mol. The van der Waals surface area contributed by atoms with Crippen molar-refractivity contribution in [2.24, 2.45) is 17.3 Å². The van der Waals surface area contributed by atoms with Crippen LogP contribution in [0.25, 0.3) is 11.3 Å². The summed E-state index contributed by atoms with van der Waals surface area (Å²) in [5.74, 6) is -3.88. The van der Waals surface area contributed by atoms with E-state index in [-0.39, 0.29) is 49.9 Å². The van der Waals surface area contributed by atoms with Crippen molar-refractivity contribution >= 4 is 29.7 Å². The highest BCUT2D eigenvalue weighted by molar-refractivity contribution is 6.12. The molecule has 288 valence electrons.